The highest BCUT2D eigenvalue weighted by Gasteiger charge is 2.42. The Hall–Kier alpha value is -0.560. The molecule has 17 heavy (non-hydrogen) atoms. The van der Waals surface area contributed by atoms with Gasteiger partial charge in [-0.2, -0.15) is 5.26 Å². The zero-order valence-corrected chi connectivity index (χ0v) is 11.2. The van der Waals surface area contributed by atoms with Crippen molar-refractivity contribution in [1.82, 2.24) is 0 Å². The molecular formula is C13H21NO2S. The number of hydrogen-bond acceptors (Lipinski definition) is 3. The predicted molar refractivity (Wildman–Crippen MR) is 67.1 cm³/mol. The average molecular weight is 255 g/mol. The van der Waals surface area contributed by atoms with E-state index in [0.717, 1.165) is 38.5 Å². The van der Waals surface area contributed by atoms with Crippen molar-refractivity contribution in [2.45, 2.75) is 62.4 Å². The monoisotopic (exact) mass is 255 g/mol. The van der Waals surface area contributed by atoms with Gasteiger partial charge in [0.15, 0.2) is 9.84 Å². The first kappa shape index (κ1) is 12.9. The Labute approximate surface area is 104 Å². The molecule has 0 bridgehead atoms. The molecule has 0 aromatic rings. The first-order chi connectivity index (χ1) is 8.05. The molecule has 0 aliphatic heterocycles. The molecule has 0 spiro atoms. The Morgan fingerprint density at radius 3 is 2.47 bits per heavy atom. The number of nitriles is 1. The maximum absolute atomic E-state index is 12.6. The van der Waals surface area contributed by atoms with Gasteiger partial charge in [-0.05, 0) is 31.6 Å². The molecule has 0 amide bonds. The van der Waals surface area contributed by atoms with E-state index in [1.807, 2.05) is 0 Å². The van der Waals surface area contributed by atoms with Crippen molar-refractivity contribution in [2.24, 2.45) is 11.8 Å². The Morgan fingerprint density at radius 2 is 1.82 bits per heavy atom. The minimum atomic E-state index is -3.08. The van der Waals surface area contributed by atoms with Gasteiger partial charge in [0.05, 0.1) is 22.5 Å². The molecule has 2 aliphatic rings. The minimum absolute atomic E-state index is 0.176. The normalized spacial score (nSPS) is 38.8. The van der Waals surface area contributed by atoms with Crippen molar-refractivity contribution in [1.29, 1.82) is 5.26 Å². The van der Waals surface area contributed by atoms with Gasteiger partial charge in [0.2, 0.25) is 0 Å². The van der Waals surface area contributed by atoms with Crippen LogP contribution in [-0.4, -0.2) is 18.9 Å². The molecular weight excluding hydrogens is 234 g/mol. The lowest BCUT2D eigenvalue weighted by Gasteiger charge is -2.29. The van der Waals surface area contributed by atoms with E-state index in [-0.39, 0.29) is 16.4 Å². The highest BCUT2D eigenvalue weighted by Crippen LogP contribution is 2.37. The molecule has 0 saturated heterocycles. The summed E-state index contributed by atoms with van der Waals surface area (Å²) in [6.07, 6.45) is 6.14. The van der Waals surface area contributed by atoms with E-state index in [0.29, 0.717) is 12.3 Å². The van der Waals surface area contributed by atoms with Gasteiger partial charge in [-0.15, -0.1) is 0 Å². The van der Waals surface area contributed by atoms with Crippen LogP contribution in [0.15, 0.2) is 0 Å². The molecule has 2 rings (SSSR count). The van der Waals surface area contributed by atoms with Crippen LogP contribution in [-0.2, 0) is 9.84 Å². The van der Waals surface area contributed by atoms with Gasteiger partial charge < -0.3 is 0 Å². The fourth-order valence-corrected chi connectivity index (χ4v) is 6.13. The van der Waals surface area contributed by atoms with Crippen molar-refractivity contribution < 1.29 is 8.42 Å². The topological polar surface area (TPSA) is 57.9 Å². The van der Waals surface area contributed by atoms with Gasteiger partial charge in [-0.1, -0.05) is 26.2 Å². The fourth-order valence-electron chi connectivity index (χ4n) is 3.39. The smallest absolute Gasteiger partial charge is 0.157 e. The maximum Gasteiger partial charge on any atom is 0.157 e. The summed E-state index contributed by atoms with van der Waals surface area (Å²) in [5.74, 6) is 0.266. The number of sulfone groups is 1. The minimum Gasteiger partial charge on any atom is -0.228 e. The summed E-state index contributed by atoms with van der Waals surface area (Å²) in [6, 6.07) is 2.19. The van der Waals surface area contributed by atoms with Crippen LogP contribution in [0.3, 0.4) is 0 Å². The lowest BCUT2D eigenvalue weighted by molar-refractivity contribution is 0.379. The molecule has 4 unspecified atom stereocenters. The summed E-state index contributed by atoms with van der Waals surface area (Å²) in [6.45, 7) is 2.14. The molecule has 2 aliphatic carbocycles. The third kappa shape index (κ3) is 2.49. The van der Waals surface area contributed by atoms with Crippen LogP contribution in [0.4, 0.5) is 0 Å². The number of hydrogen-bond donors (Lipinski definition) is 0. The zero-order chi connectivity index (χ0) is 12.5. The molecule has 4 heteroatoms. The molecule has 0 aromatic carbocycles. The molecule has 0 heterocycles. The van der Waals surface area contributed by atoms with Crippen molar-refractivity contribution in [3.8, 4) is 6.07 Å². The Bertz CT molecular complexity index is 410. The maximum atomic E-state index is 12.6. The van der Waals surface area contributed by atoms with Crippen LogP contribution < -0.4 is 0 Å². The average Bonchev–Trinajstić information content (AvgIpc) is 2.77. The molecule has 96 valence electrons. The molecule has 0 radical (unpaired) electrons. The molecule has 3 nitrogen and oxygen atoms in total. The predicted octanol–water partition coefficient (Wildman–Crippen LogP) is 2.67. The fraction of sp³-hybridized carbons (Fsp3) is 0.923. The summed E-state index contributed by atoms with van der Waals surface area (Å²) >= 11 is 0. The summed E-state index contributed by atoms with van der Waals surface area (Å²) < 4.78 is 25.1. The van der Waals surface area contributed by atoms with Gasteiger partial charge in [-0.3, -0.25) is 0 Å². The summed E-state index contributed by atoms with van der Waals surface area (Å²) in [5, 5.41) is 8.49. The summed E-state index contributed by atoms with van der Waals surface area (Å²) in [7, 11) is -3.08. The SMILES string of the molecule is CC1CCCC(S(=O)(=O)C2CCCC2C#N)C1. The first-order valence-electron chi connectivity index (χ1n) is 6.68. The third-order valence-corrected chi connectivity index (χ3v) is 7.16. The van der Waals surface area contributed by atoms with Crippen LogP contribution in [0.25, 0.3) is 0 Å². The van der Waals surface area contributed by atoms with Crippen LogP contribution >= 0.6 is 0 Å². The number of rotatable bonds is 2. The second kappa shape index (κ2) is 4.97. The largest absolute Gasteiger partial charge is 0.228 e. The van der Waals surface area contributed by atoms with Crippen molar-refractivity contribution in [2.75, 3.05) is 0 Å². The van der Waals surface area contributed by atoms with Gasteiger partial charge >= 0.3 is 0 Å². The molecule has 4 atom stereocenters. The second-order valence-electron chi connectivity index (χ2n) is 5.69. The van der Waals surface area contributed by atoms with Gasteiger partial charge in [0.25, 0.3) is 0 Å². The Kier molecular flexibility index (Phi) is 3.77. The first-order valence-corrected chi connectivity index (χ1v) is 8.29. The lowest BCUT2D eigenvalue weighted by Crippen LogP contribution is -2.36. The van der Waals surface area contributed by atoms with Gasteiger partial charge in [-0.25, -0.2) is 8.42 Å². The van der Waals surface area contributed by atoms with Gasteiger partial charge in [0, 0.05) is 0 Å². The van der Waals surface area contributed by atoms with E-state index in [1.165, 1.54) is 0 Å². The second-order valence-corrected chi connectivity index (χ2v) is 8.14. The summed E-state index contributed by atoms with van der Waals surface area (Å²) in [4.78, 5) is 0. The van der Waals surface area contributed by atoms with Crippen molar-refractivity contribution >= 4 is 9.84 Å². The Balaban J connectivity index is 2.15. The Morgan fingerprint density at radius 1 is 1.12 bits per heavy atom. The quantitative estimate of drug-likeness (QED) is 0.762. The van der Waals surface area contributed by atoms with E-state index in [2.05, 4.69) is 13.0 Å². The van der Waals surface area contributed by atoms with Gasteiger partial charge in [0.1, 0.15) is 0 Å². The van der Waals surface area contributed by atoms with E-state index >= 15 is 0 Å². The highest BCUT2D eigenvalue weighted by atomic mass is 32.2. The number of nitrogens with zero attached hydrogens (tertiary/aromatic N) is 1. The van der Waals surface area contributed by atoms with E-state index in [4.69, 9.17) is 5.26 Å². The molecule has 0 N–H and O–H groups in total. The molecule has 2 fully saturated rings. The van der Waals surface area contributed by atoms with Crippen LogP contribution in [0.2, 0.25) is 0 Å². The van der Waals surface area contributed by atoms with E-state index in [1.54, 1.807) is 0 Å². The zero-order valence-electron chi connectivity index (χ0n) is 10.4. The molecule has 2 saturated carbocycles. The van der Waals surface area contributed by atoms with E-state index < -0.39 is 9.84 Å². The van der Waals surface area contributed by atoms with E-state index in [9.17, 15) is 8.42 Å². The van der Waals surface area contributed by atoms with Crippen LogP contribution in [0.5, 0.6) is 0 Å². The van der Waals surface area contributed by atoms with Crippen LogP contribution in [0.1, 0.15) is 51.9 Å². The lowest BCUT2D eigenvalue weighted by atomic mass is 9.90. The summed E-state index contributed by atoms with van der Waals surface area (Å²) in [5.41, 5.74) is 0. The van der Waals surface area contributed by atoms with Crippen molar-refractivity contribution in [3.05, 3.63) is 0 Å². The third-order valence-electron chi connectivity index (χ3n) is 4.39. The van der Waals surface area contributed by atoms with Crippen LogP contribution in [0, 0.1) is 23.2 Å². The standard InChI is InChI=1S/C13H21NO2S/c1-10-4-2-6-12(8-10)17(15,16)13-7-3-5-11(13)9-14/h10-13H,2-8H2,1H3. The molecule has 0 aromatic heterocycles. The van der Waals surface area contributed by atoms with Crippen molar-refractivity contribution in [3.63, 3.8) is 0 Å². The highest BCUT2D eigenvalue weighted by molar-refractivity contribution is 7.92.